The molecule has 3 aliphatic heterocycles. The molecule has 9 amide bonds. The first-order chi connectivity index (χ1) is 39.1. The van der Waals surface area contributed by atoms with Crippen molar-refractivity contribution in [3.05, 3.63) is 0 Å². The molecule has 3 fully saturated rings. The first kappa shape index (κ1) is 72.5. The van der Waals surface area contributed by atoms with Crippen molar-refractivity contribution in [3.63, 3.8) is 0 Å². The zero-order valence-electron chi connectivity index (χ0n) is 50.0. The van der Waals surface area contributed by atoms with E-state index in [0.29, 0.717) is 12.8 Å². The molecule has 3 saturated heterocycles. The topological polar surface area (TPSA) is 475 Å². The zero-order valence-corrected chi connectivity index (χ0v) is 50.0. The lowest BCUT2D eigenvalue weighted by Gasteiger charge is -2.48. The number of likely N-dealkylation sites (tertiary alicyclic amines) is 1. The van der Waals surface area contributed by atoms with Crippen molar-refractivity contribution in [1.82, 2.24) is 47.4 Å². The van der Waals surface area contributed by atoms with Crippen molar-refractivity contribution in [2.24, 2.45) is 29.4 Å². The summed E-state index contributed by atoms with van der Waals surface area (Å²) in [5, 5.41) is 92.0. The molecule has 17 N–H and O–H groups in total. The van der Waals surface area contributed by atoms with Crippen molar-refractivity contribution in [2.45, 2.75) is 231 Å². The number of hydrogen-bond acceptors (Lipinski definition) is 21. The molecule has 0 bridgehead atoms. The van der Waals surface area contributed by atoms with Crippen LogP contribution in [-0.4, -0.2) is 241 Å². The summed E-state index contributed by atoms with van der Waals surface area (Å²) < 4.78 is 23.1. The fourth-order valence-electron chi connectivity index (χ4n) is 9.50. The first-order valence-corrected chi connectivity index (χ1v) is 28.3. The van der Waals surface area contributed by atoms with Crippen LogP contribution in [0.1, 0.15) is 109 Å². The van der Waals surface area contributed by atoms with Gasteiger partial charge in [-0.3, -0.25) is 47.9 Å². The molecule has 0 saturated carbocycles. The van der Waals surface area contributed by atoms with Crippen LogP contribution in [0.25, 0.3) is 0 Å². The van der Waals surface area contributed by atoms with Crippen LogP contribution in [0.5, 0.6) is 0 Å². The van der Waals surface area contributed by atoms with Crippen molar-refractivity contribution in [3.8, 4) is 0 Å². The van der Waals surface area contributed by atoms with Gasteiger partial charge >= 0.3 is 5.97 Å². The van der Waals surface area contributed by atoms with Crippen LogP contribution in [0.3, 0.4) is 0 Å². The lowest BCUT2D eigenvalue weighted by atomic mass is 9.95. The van der Waals surface area contributed by atoms with E-state index in [2.05, 4.69) is 42.5 Å². The second kappa shape index (κ2) is 32.7. The second-order valence-electron chi connectivity index (χ2n) is 23.1. The average Bonchev–Trinajstić information content (AvgIpc) is 3.55. The Morgan fingerprint density at radius 3 is 1.48 bits per heavy atom. The Labute approximate surface area is 488 Å². The highest BCUT2D eigenvalue weighted by molar-refractivity contribution is 5.98. The molecule has 0 aliphatic carbocycles. The number of rotatable bonds is 28. The van der Waals surface area contributed by atoms with Gasteiger partial charge in [-0.25, -0.2) is 0 Å². The minimum absolute atomic E-state index is 0.0872. The molecule has 3 heterocycles. The molecule has 0 aromatic rings. The van der Waals surface area contributed by atoms with E-state index in [9.17, 15) is 83.7 Å². The third-order valence-corrected chi connectivity index (χ3v) is 14.8. The van der Waals surface area contributed by atoms with Gasteiger partial charge in [0.2, 0.25) is 53.2 Å². The van der Waals surface area contributed by atoms with Crippen molar-refractivity contribution in [2.75, 3.05) is 19.8 Å². The predicted octanol–water partition coefficient (Wildman–Crippen LogP) is -5.97. The van der Waals surface area contributed by atoms with Crippen LogP contribution in [0.15, 0.2) is 0 Å². The molecule has 9 unspecified atom stereocenters. The summed E-state index contributed by atoms with van der Waals surface area (Å²) in [5.41, 5.74) is 6.41. The maximum Gasteiger partial charge on any atom is 0.325 e. The maximum absolute atomic E-state index is 14.4. The summed E-state index contributed by atoms with van der Waals surface area (Å²) in [7, 11) is 0. The number of aliphatic hydroxyl groups is 6. The highest BCUT2D eigenvalue weighted by atomic mass is 16.7. The number of nitrogens with two attached hydrogens (primary N) is 1. The van der Waals surface area contributed by atoms with E-state index in [1.165, 1.54) is 32.6 Å². The Morgan fingerprint density at radius 2 is 0.988 bits per heavy atom. The Bertz CT molecular complexity index is 2280. The van der Waals surface area contributed by atoms with Gasteiger partial charge in [-0.1, -0.05) is 55.4 Å². The Balaban J connectivity index is 1.69. The number of hydrogen-bond donors (Lipinski definition) is 16. The molecule has 20 atom stereocenters. The number of carboxylic acids is 1. The van der Waals surface area contributed by atoms with Gasteiger partial charge in [0.15, 0.2) is 12.6 Å². The Morgan fingerprint density at radius 1 is 0.548 bits per heavy atom. The van der Waals surface area contributed by atoms with E-state index in [0.717, 1.165) is 6.92 Å². The van der Waals surface area contributed by atoms with Crippen molar-refractivity contribution < 1.29 is 103 Å². The molecule has 0 aromatic carbocycles. The molecular formula is C53H92N10O21. The van der Waals surface area contributed by atoms with Gasteiger partial charge in [0.1, 0.15) is 103 Å². The summed E-state index contributed by atoms with van der Waals surface area (Å²) in [5.74, 6) is -10.2. The molecular weight excluding hydrogens is 1110 g/mol. The number of carboxylic acid groups (broad SMARTS) is 1. The first-order valence-electron chi connectivity index (χ1n) is 28.3. The molecule has 31 heteroatoms. The number of amides is 9. The summed E-state index contributed by atoms with van der Waals surface area (Å²) in [4.78, 5) is 135. The molecule has 3 rings (SSSR count). The van der Waals surface area contributed by atoms with Crippen LogP contribution < -0.4 is 48.3 Å². The van der Waals surface area contributed by atoms with Gasteiger partial charge in [-0.05, 0) is 70.6 Å². The van der Waals surface area contributed by atoms with Gasteiger partial charge in [-0.2, -0.15) is 0 Å². The predicted molar refractivity (Wildman–Crippen MR) is 293 cm³/mol. The standard InChI is InChI=1S/C53H92N10O21/c1-20(2)33(47(75)57-26(11)51(79)80)60-49(77)35(22(5)6)61-48(76)34(21(3)4)59-44(72)25(10)55-43(71)24(9)56-45(73)29-16-14-15-17-63(29)50(78)36(23(7)8)62-46(74)32(54)27(12)81-52-37(58-28(13)66)42(39(68)31(19-65)82-52)84-53-41(70)40(69)38(67)30(18-64)83-53/h20-27,29-42,52-53,64-65,67-70H,14-19,54H2,1-13H3,(H,55,71)(H,56,73)(H,57,75)(H,58,66)(H,59,72)(H,60,77)(H,61,76)(H,62,74)(H,79,80)/t24?,25-,26-,27?,29-,30?,31?,32-,33?,34?,35-,36?,37?,38-,39-,40?,41-,42+,52-,53-/m0/s1. The minimum atomic E-state index is -1.93. The van der Waals surface area contributed by atoms with Crippen LogP contribution in [0, 0.1) is 23.7 Å². The van der Waals surface area contributed by atoms with Gasteiger partial charge < -0.3 is 108 Å². The quantitative estimate of drug-likeness (QED) is 0.0347. The Kier molecular flexibility index (Phi) is 28.2. The van der Waals surface area contributed by atoms with Crippen LogP contribution >= 0.6 is 0 Å². The molecule has 0 spiro atoms. The average molecular weight is 1210 g/mol. The van der Waals surface area contributed by atoms with E-state index >= 15 is 0 Å². The number of aliphatic carboxylic acids is 1. The Hall–Kier alpha value is -5.74. The molecule has 480 valence electrons. The number of nitrogens with zero attached hydrogens (tertiary/aromatic N) is 1. The molecule has 0 aromatic heterocycles. The third-order valence-electron chi connectivity index (χ3n) is 14.8. The van der Waals surface area contributed by atoms with Crippen molar-refractivity contribution in [1.29, 1.82) is 0 Å². The molecule has 0 radical (unpaired) electrons. The van der Waals surface area contributed by atoms with Gasteiger partial charge in [-0.15, -0.1) is 0 Å². The zero-order chi connectivity index (χ0) is 63.9. The van der Waals surface area contributed by atoms with Crippen molar-refractivity contribution >= 4 is 59.1 Å². The summed E-state index contributed by atoms with van der Waals surface area (Å²) >= 11 is 0. The summed E-state index contributed by atoms with van der Waals surface area (Å²) in [6.07, 6.45) is -15.5. The number of nitrogens with one attached hydrogen (secondary N) is 8. The monoisotopic (exact) mass is 1200 g/mol. The van der Waals surface area contributed by atoms with E-state index in [4.69, 9.17) is 24.7 Å². The van der Waals surface area contributed by atoms with Gasteiger partial charge in [0.05, 0.1) is 19.3 Å². The number of piperidine rings is 1. The lowest BCUT2D eigenvalue weighted by molar-refractivity contribution is -0.347. The number of carbonyl (C=O) groups excluding carboxylic acids is 9. The highest BCUT2D eigenvalue weighted by Crippen LogP contribution is 2.31. The highest BCUT2D eigenvalue weighted by Gasteiger charge is 2.52. The normalized spacial score (nSPS) is 27.8. The minimum Gasteiger partial charge on any atom is -0.480 e. The molecule has 31 nitrogen and oxygen atoms in total. The number of ether oxygens (including phenoxy) is 4. The summed E-state index contributed by atoms with van der Waals surface area (Å²) in [6.45, 7) is 18.0. The largest absolute Gasteiger partial charge is 0.480 e. The second-order valence-corrected chi connectivity index (χ2v) is 23.1. The molecule has 84 heavy (non-hydrogen) atoms. The number of carbonyl (C=O) groups is 10. The fraction of sp³-hybridized carbons (Fsp3) is 0.811. The van der Waals surface area contributed by atoms with Crippen LogP contribution in [0.2, 0.25) is 0 Å². The van der Waals surface area contributed by atoms with Crippen LogP contribution in [0.4, 0.5) is 0 Å². The van der Waals surface area contributed by atoms with E-state index in [1.807, 2.05) is 0 Å². The van der Waals surface area contributed by atoms with Gasteiger partial charge in [0.25, 0.3) is 0 Å². The van der Waals surface area contributed by atoms with Crippen LogP contribution in [-0.2, 0) is 66.9 Å². The lowest BCUT2D eigenvalue weighted by Crippen LogP contribution is -2.68. The summed E-state index contributed by atoms with van der Waals surface area (Å²) in [6, 6.07) is -12.8. The van der Waals surface area contributed by atoms with E-state index < -0.39 is 218 Å². The van der Waals surface area contributed by atoms with E-state index in [-0.39, 0.29) is 13.0 Å². The maximum atomic E-state index is 14.4. The SMILES string of the molecule is CC(=O)NC1[C@@H](OC(C)[C@H](N)C(=O)NC(C(=O)N2CCCC[C@H]2C(=O)NC(C)C(=O)N[C@@H](C)C(=O)NC(C(=O)N[C@H](C(=O)NC(C(=O)N[C@@H](C)C(=O)O)C(C)C)C(C)C)C(C)C)C(C)C)OC(CO)[C@H](O)[C@@H]1O[C@@H]1OC(CO)[C@H](O)C(O)[C@@H]1O. The smallest absolute Gasteiger partial charge is 0.325 e. The van der Waals surface area contributed by atoms with Gasteiger partial charge in [0, 0.05) is 13.5 Å². The fourth-order valence-corrected chi connectivity index (χ4v) is 9.50. The molecule has 3 aliphatic rings. The van der Waals surface area contributed by atoms with E-state index in [1.54, 1.807) is 55.4 Å². The number of aliphatic hydroxyl groups excluding tert-OH is 6. The third kappa shape index (κ3) is 19.4.